The van der Waals surface area contributed by atoms with Crippen LogP contribution in [0.15, 0.2) is 36.9 Å². The summed E-state index contributed by atoms with van der Waals surface area (Å²) in [6.45, 7) is 7.25. The Bertz CT molecular complexity index is 476. The minimum atomic E-state index is 0.206. The molecule has 0 aliphatic carbocycles. The topological polar surface area (TPSA) is 42.7 Å². The molecule has 0 radical (unpaired) electrons. The monoisotopic (exact) mass is 244 g/mol. The van der Waals surface area contributed by atoms with Crippen LogP contribution in [0.1, 0.15) is 38.2 Å². The highest BCUT2D eigenvalue weighted by Crippen LogP contribution is 2.17. The minimum absolute atomic E-state index is 0.206. The molecule has 0 amide bonds. The molecule has 1 unspecified atom stereocenters. The summed E-state index contributed by atoms with van der Waals surface area (Å²) in [5.41, 5.74) is 2.24. The highest BCUT2D eigenvalue weighted by molar-refractivity contribution is 5.12. The molecule has 2 rings (SSSR count). The molecule has 18 heavy (non-hydrogen) atoms. The van der Waals surface area contributed by atoms with E-state index in [1.54, 1.807) is 0 Å². The number of imidazole rings is 1. The van der Waals surface area contributed by atoms with E-state index in [0.29, 0.717) is 6.04 Å². The molecule has 1 N–H and O–H groups in total. The van der Waals surface area contributed by atoms with Crippen molar-refractivity contribution in [3.63, 3.8) is 0 Å². The van der Waals surface area contributed by atoms with Gasteiger partial charge in [-0.2, -0.15) is 0 Å². The summed E-state index contributed by atoms with van der Waals surface area (Å²) in [6, 6.07) is 6.67. The zero-order chi connectivity index (χ0) is 13.0. The average Bonchev–Trinajstić information content (AvgIpc) is 2.85. The van der Waals surface area contributed by atoms with Crippen molar-refractivity contribution in [2.24, 2.45) is 0 Å². The number of aromatic nitrogens is 3. The zero-order valence-electron chi connectivity index (χ0n) is 11.2. The highest BCUT2D eigenvalue weighted by Gasteiger charge is 2.12. The van der Waals surface area contributed by atoms with Crippen LogP contribution in [0.5, 0.6) is 0 Å². The van der Waals surface area contributed by atoms with Gasteiger partial charge >= 0.3 is 0 Å². The molecular formula is C14H20N4. The molecule has 1 atom stereocenters. The van der Waals surface area contributed by atoms with Crippen LogP contribution in [0.3, 0.4) is 0 Å². The SMILES string of the molecule is CC(C)NCc1cncn1C(C)c1ccccn1. The second-order valence-corrected chi connectivity index (χ2v) is 4.76. The van der Waals surface area contributed by atoms with Crippen LogP contribution >= 0.6 is 0 Å². The Hall–Kier alpha value is -1.68. The van der Waals surface area contributed by atoms with Crippen LogP contribution in [0.4, 0.5) is 0 Å². The summed E-state index contributed by atoms with van der Waals surface area (Å²) in [5.74, 6) is 0. The average molecular weight is 244 g/mol. The molecule has 0 aromatic carbocycles. The molecule has 0 aliphatic rings. The summed E-state index contributed by atoms with van der Waals surface area (Å²) in [4.78, 5) is 8.64. The van der Waals surface area contributed by atoms with Crippen molar-refractivity contribution < 1.29 is 0 Å². The summed E-state index contributed by atoms with van der Waals surface area (Å²) >= 11 is 0. The van der Waals surface area contributed by atoms with E-state index in [1.807, 2.05) is 36.9 Å². The molecular weight excluding hydrogens is 224 g/mol. The maximum Gasteiger partial charge on any atom is 0.0954 e. The molecule has 0 saturated heterocycles. The Labute approximate surface area is 108 Å². The van der Waals surface area contributed by atoms with Crippen LogP contribution in [-0.4, -0.2) is 20.6 Å². The summed E-state index contributed by atoms with van der Waals surface area (Å²) in [5, 5.41) is 3.41. The third kappa shape index (κ3) is 2.96. The van der Waals surface area contributed by atoms with Crippen molar-refractivity contribution in [2.45, 2.75) is 39.4 Å². The second-order valence-electron chi connectivity index (χ2n) is 4.76. The summed E-state index contributed by atoms with van der Waals surface area (Å²) < 4.78 is 2.16. The molecule has 0 saturated carbocycles. The van der Waals surface area contributed by atoms with E-state index in [4.69, 9.17) is 0 Å². The molecule has 2 aromatic rings. The van der Waals surface area contributed by atoms with E-state index in [9.17, 15) is 0 Å². The largest absolute Gasteiger partial charge is 0.325 e. The van der Waals surface area contributed by atoms with Gasteiger partial charge in [0.2, 0.25) is 0 Å². The normalized spacial score (nSPS) is 12.9. The molecule has 0 spiro atoms. The summed E-state index contributed by atoms with van der Waals surface area (Å²) in [7, 11) is 0. The van der Waals surface area contributed by atoms with Crippen molar-refractivity contribution in [1.82, 2.24) is 19.9 Å². The van der Waals surface area contributed by atoms with E-state index in [2.05, 4.69) is 40.6 Å². The van der Waals surface area contributed by atoms with Crippen LogP contribution in [0.25, 0.3) is 0 Å². The number of hydrogen-bond donors (Lipinski definition) is 1. The lowest BCUT2D eigenvalue weighted by Crippen LogP contribution is -2.24. The number of rotatable bonds is 5. The molecule has 4 heteroatoms. The molecule has 0 fully saturated rings. The fourth-order valence-corrected chi connectivity index (χ4v) is 1.89. The fourth-order valence-electron chi connectivity index (χ4n) is 1.89. The maximum absolute atomic E-state index is 4.40. The Kier molecular flexibility index (Phi) is 4.10. The molecule has 4 nitrogen and oxygen atoms in total. The molecule has 0 aliphatic heterocycles. The van der Waals surface area contributed by atoms with E-state index in [0.717, 1.165) is 12.2 Å². The van der Waals surface area contributed by atoms with Gasteiger partial charge in [-0.3, -0.25) is 4.98 Å². The maximum atomic E-state index is 4.40. The van der Waals surface area contributed by atoms with E-state index in [-0.39, 0.29) is 6.04 Å². The third-order valence-electron chi connectivity index (χ3n) is 2.97. The predicted octanol–water partition coefficient (Wildman–Crippen LogP) is 2.39. The van der Waals surface area contributed by atoms with E-state index < -0.39 is 0 Å². The predicted molar refractivity (Wildman–Crippen MR) is 72.3 cm³/mol. The Balaban J connectivity index is 2.16. The molecule has 2 aromatic heterocycles. The van der Waals surface area contributed by atoms with Crippen LogP contribution < -0.4 is 5.32 Å². The zero-order valence-corrected chi connectivity index (χ0v) is 11.2. The van der Waals surface area contributed by atoms with Gasteiger partial charge in [0.05, 0.1) is 23.8 Å². The smallest absolute Gasteiger partial charge is 0.0954 e. The van der Waals surface area contributed by atoms with Crippen LogP contribution in [0, 0.1) is 0 Å². The molecule has 2 heterocycles. The third-order valence-corrected chi connectivity index (χ3v) is 2.97. The van der Waals surface area contributed by atoms with Gasteiger partial charge in [-0.15, -0.1) is 0 Å². The standard InChI is InChI=1S/C14H20N4/c1-11(2)17-9-13-8-15-10-18(13)12(3)14-6-4-5-7-16-14/h4-8,10-12,17H,9H2,1-3H3. The van der Waals surface area contributed by atoms with Crippen LogP contribution in [0.2, 0.25) is 0 Å². The number of nitrogens with one attached hydrogen (secondary N) is 1. The first-order chi connectivity index (χ1) is 8.68. The van der Waals surface area contributed by atoms with Crippen molar-refractivity contribution in [2.75, 3.05) is 0 Å². The van der Waals surface area contributed by atoms with Crippen molar-refractivity contribution in [3.05, 3.63) is 48.3 Å². The lowest BCUT2D eigenvalue weighted by molar-refractivity contribution is 0.534. The Morgan fingerprint density at radius 2 is 2.11 bits per heavy atom. The molecule has 96 valence electrons. The van der Waals surface area contributed by atoms with Gasteiger partial charge in [0.1, 0.15) is 0 Å². The second kappa shape index (κ2) is 5.78. The fraction of sp³-hybridized carbons (Fsp3) is 0.429. The lowest BCUT2D eigenvalue weighted by Gasteiger charge is -2.17. The van der Waals surface area contributed by atoms with E-state index >= 15 is 0 Å². The number of nitrogens with zero attached hydrogens (tertiary/aromatic N) is 3. The van der Waals surface area contributed by atoms with E-state index in [1.165, 1.54) is 5.69 Å². The minimum Gasteiger partial charge on any atom is -0.325 e. The summed E-state index contributed by atoms with van der Waals surface area (Å²) in [6.07, 6.45) is 5.61. The Morgan fingerprint density at radius 3 is 2.78 bits per heavy atom. The first-order valence-electron chi connectivity index (χ1n) is 6.33. The van der Waals surface area contributed by atoms with Gasteiger partial charge in [-0.25, -0.2) is 4.98 Å². The Morgan fingerprint density at radius 1 is 1.28 bits per heavy atom. The van der Waals surface area contributed by atoms with Gasteiger partial charge in [0.15, 0.2) is 0 Å². The lowest BCUT2D eigenvalue weighted by atomic mass is 10.2. The first-order valence-corrected chi connectivity index (χ1v) is 6.33. The first kappa shape index (κ1) is 12.8. The van der Waals surface area contributed by atoms with Gasteiger partial charge in [-0.1, -0.05) is 19.9 Å². The van der Waals surface area contributed by atoms with Crippen molar-refractivity contribution >= 4 is 0 Å². The van der Waals surface area contributed by atoms with Gasteiger partial charge < -0.3 is 9.88 Å². The quantitative estimate of drug-likeness (QED) is 0.878. The molecule has 0 bridgehead atoms. The van der Waals surface area contributed by atoms with Gasteiger partial charge in [0.25, 0.3) is 0 Å². The van der Waals surface area contributed by atoms with Gasteiger partial charge in [-0.05, 0) is 19.1 Å². The number of hydrogen-bond acceptors (Lipinski definition) is 3. The van der Waals surface area contributed by atoms with Gasteiger partial charge in [0, 0.05) is 25.0 Å². The van der Waals surface area contributed by atoms with Crippen molar-refractivity contribution in [3.8, 4) is 0 Å². The number of pyridine rings is 1. The van der Waals surface area contributed by atoms with Crippen LogP contribution in [-0.2, 0) is 6.54 Å². The van der Waals surface area contributed by atoms with Crippen molar-refractivity contribution in [1.29, 1.82) is 0 Å². The highest BCUT2D eigenvalue weighted by atomic mass is 15.1.